The lowest BCUT2D eigenvalue weighted by Crippen LogP contribution is -2.15. The summed E-state index contributed by atoms with van der Waals surface area (Å²) in [6.07, 6.45) is 2.92. The van der Waals surface area contributed by atoms with Crippen LogP contribution in [0.4, 0.5) is 0 Å². The van der Waals surface area contributed by atoms with Crippen LogP contribution in [0.1, 0.15) is 6.92 Å². The lowest BCUT2D eigenvalue weighted by atomic mass is 10.7. The highest BCUT2D eigenvalue weighted by Crippen LogP contribution is 2.44. The van der Waals surface area contributed by atoms with Gasteiger partial charge in [-0.25, -0.2) is 0 Å². The third-order valence-corrected chi connectivity index (χ3v) is 4.19. The monoisotopic (exact) mass is 226 g/mol. The van der Waals surface area contributed by atoms with Crippen molar-refractivity contribution in [3.05, 3.63) is 36.8 Å². The molecule has 0 unspecified atom stereocenters. The molecule has 2 heterocycles. The van der Waals surface area contributed by atoms with Crippen molar-refractivity contribution in [2.45, 2.75) is 6.92 Å². The van der Waals surface area contributed by atoms with Crippen LogP contribution in [0.25, 0.3) is 0 Å². The molecular weight excluding hydrogens is 215 g/mol. The minimum Gasteiger partial charge on any atom is -0.458 e. The second-order valence-electron chi connectivity index (χ2n) is 2.87. The van der Waals surface area contributed by atoms with Crippen LogP contribution in [0.5, 0.6) is 0 Å². The molecule has 0 N–H and O–H groups in total. The highest BCUT2D eigenvalue weighted by atomic mass is 31.2. The first-order valence-corrected chi connectivity index (χ1v) is 6.22. The topological polar surface area (TPSA) is 52.6 Å². The smallest absolute Gasteiger partial charge is 0.329 e. The van der Waals surface area contributed by atoms with Crippen LogP contribution in [0.2, 0.25) is 0 Å². The summed E-state index contributed by atoms with van der Waals surface area (Å²) in [7, 11) is -3.16. The van der Waals surface area contributed by atoms with Crippen molar-refractivity contribution in [3.63, 3.8) is 0 Å². The zero-order valence-corrected chi connectivity index (χ0v) is 9.15. The lowest BCUT2D eigenvalue weighted by Gasteiger charge is -2.11. The molecule has 0 atom stereocenters. The van der Waals surface area contributed by atoms with E-state index in [0.29, 0.717) is 17.6 Å². The second kappa shape index (κ2) is 4.09. The Labute approximate surface area is 87.3 Å². The van der Waals surface area contributed by atoms with Crippen LogP contribution < -0.4 is 11.0 Å². The molecule has 0 spiro atoms. The first kappa shape index (κ1) is 10.3. The van der Waals surface area contributed by atoms with Crippen molar-refractivity contribution in [1.29, 1.82) is 0 Å². The molecule has 0 aliphatic heterocycles. The minimum absolute atomic E-state index is 0.305. The Morgan fingerprint density at radius 1 is 1.20 bits per heavy atom. The van der Waals surface area contributed by atoms with Gasteiger partial charge in [0.15, 0.2) is 11.0 Å². The van der Waals surface area contributed by atoms with Gasteiger partial charge in [-0.3, -0.25) is 4.57 Å². The average Bonchev–Trinajstić information content (AvgIpc) is 2.92. The van der Waals surface area contributed by atoms with Crippen molar-refractivity contribution >= 4 is 18.4 Å². The van der Waals surface area contributed by atoms with Crippen LogP contribution >= 0.6 is 7.37 Å². The first-order valence-electron chi connectivity index (χ1n) is 4.60. The van der Waals surface area contributed by atoms with E-state index in [4.69, 9.17) is 13.4 Å². The van der Waals surface area contributed by atoms with E-state index in [1.165, 1.54) is 12.5 Å². The Morgan fingerprint density at radius 2 is 1.73 bits per heavy atom. The standard InChI is InChI=1S/C10H11O4P/c1-2-14-15(11,9-5-3-7-12-9)10-6-4-8-13-10/h3-8H,2H2,1H3. The van der Waals surface area contributed by atoms with E-state index in [-0.39, 0.29) is 0 Å². The van der Waals surface area contributed by atoms with Gasteiger partial charge in [0, 0.05) is 0 Å². The van der Waals surface area contributed by atoms with Crippen molar-refractivity contribution in [2.75, 3.05) is 6.61 Å². The summed E-state index contributed by atoms with van der Waals surface area (Å²) in [5, 5.41) is 0. The summed E-state index contributed by atoms with van der Waals surface area (Å²) in [5.41, 5.74) is 0.610. The Hall–Kier alpha value is -1.25. The summed E-state index contributed by atoms with van der Waals surface area (Å²) in [5.74, 6) is 0. The van der Waals surface area contributed by atoms with E-state index in [0.717, 1.165) is 0 Å². The predicted octanol–water partition coefficient (Wildman–Crippen LogP) is 2.14. The highest BCUT2D eigenvalue weighted by Gasteiger charge is 2.34. The van der Waals surface area contributed by atoms with E-state index >= 15 is 0 Å². The molecule has 0 fully saturated rings. The van der Waals surface area contributed by atoms with Gasteiger partial charge in [0.05, 0.1) is 19.1 Å². The number of furan rings is 2. The normalized spacial score (nSPS) is 11.8. The highest BCUT2D eigenvalue weighted by molar-refractivity contribution is 7.73. The van der Waals surface area contributed by atoms with Crippen molar-refractivity contribution in [1.82, 2.24) is 0 Å². The van der Waals surface area contributed by atoms with E-state index in [9.17, 15) is 4.57 Å². The summed E-state index contributed by atoms with van der Waals surface area (Å²) in [6, 6.07) is 6.59. The van der Waals surface area contributed by atoms with Crippen LogP contribution in [0, 0.1) is 0 Å². The second-order valence-corrected chi connectivity index (χ2v) is 5.11. The molecule has 0 aliphatic rings. The minimum atomic E-state index is -3.16. The molecule has 0 aromatic carbocycles. The molecule has 2 aromatic rings. The van der Waals surface area contributed by atoms with E-state index in [1.807, 2.05) is 0 Å². The van der Waals surface area contributed by atoms with Gasteiger partial charge in [-0.05, 0) is 31.2 Å². The van der Waals surface area contributed by atoms with Crippen LogP contribution in [0.15, 0.2) is 45.6 Å². The largest absolute Gasteiger partial charge is 0.458 e. The Morgan fingerprint density at radius 3 is 2.07 bits per heavy atom. The van der Waals surface area contributed by atoms with Crippen LogP contribution in [-0.2, 0) is 9.09 Å². The molecule has 2 rings (SSSR count). The van der Waals surface area contributed by atoms with Gasteiger partial charge >= 0.3 is 7.37 Å². The maximum Gasteiger partial charge on any atom is 0.329 e. The maximum atomic E-state index is 12.5. The summed E-state index contributed by atoms with van der Waals surface area (Å²) >= 11 is 0. The SMILES string of the molecule is CCOP(=O)(c1ccco1)c1ccco1. The molecule has 4 nitrogen and oxygen atoms in total. The Bertz CT molecular complexity index is 405. The molecule has 0 radical (unpaired) electrons. The summed E-state index contributed by atoms with van der Waals surface area (Å²) in [4.78, 5) is 0. The summed E-state index contributed by atoms with van der Waals surface area (Å²) < 4.78 is 28.1. The molecule has 0 saturated heterocycles. The Kier molecular flexibility index (Phi) is 2.80. The Balaban J connectivity index is 2.46. The molecule has 2 aromatic heterocycles. The average molecular weight is 226 g/mol. The molecule has 15 heavy (non-hydrogen) atoms. The molecule has 5 heteroatoms. The fraction of sp³-hybridized carbons (Fsp3) is 0.200. The van der Waals surface area contributed by atoms with Gasteiger partial charge < -0.3 is 13.4 Å². The zero-order chi connectivity index (χ0) is 10.7. The molecule has 0 bridgehead atoms. The van der Waals surface area contributed by atoms with Gasteiger partial charge in [-0.1, -0.05) is 0 Å². The van der Waals surface area contributed by atoms with Gasteiger partial charge in [0.25, 0.3) is 0 Å². The van der Waals surface area contributed by atoms with Gasteiger partial charge in [0.2, 0.25) is 0 Å². The van der Waals surface area contributed by atoms with Gasteiger partial charge in [-0.15, -0.1) is 0 Å². The fourth-order valence-corrected chi connectivity index (χ4v) is 3.09. The van der Waals surface area contributed by atoms with Crippen molar-refractivity contribution in [2.24, 2.45) is 0 Å². The molecular formula is C10H11O4P. The molecule has 0 saturated carbocycles. The van der Waals surface area contributed by atoms with Gasteiger partial charge in [-0.2, -0.15) is 0 Å². The van der Waals surface area contributed by atoms with Crippen LogP contribution in [-0.4, -0.2) is 6.61 Å². The summed E-state index contributed by atoms with van der Waals surface area (Å²) in [6.45, 7) is 2.11. The first-order chi connectivity index (χ1) is 7.27. The molecule has 80 valence electrons. The van der Waals surface area contributed by atoms with Crippen LogP contribution in [0.3, 0.4) is 0 Å². The zero-order valence-electron chi connectivity index (χ0n) is 8.25. The number of hydrogen-bond donors (Lipinski definition) is 0. The maximum absolute atomic E-state index is 12.5. The molecule has 0 amide bonds. The lowest BCUT2D eigenvalue weighted by molar-refractivity contribution is 0.338. The predicted molar refractivity (Wildman–Crippen MR) is 55.9 cm³/mol. The van der Waals surface area contributed by atoms with Gasteiger partial charge in [0.1, 0.15) is 0 Å². The van der Waals surface area contributed by atoms with E-state index in [2.05, 4.69) is 0 Å². The third-order valence-electron chi connectivity index (χ3n) is 1.90. The van der Waals surface area contributed by atoms with E-state index in [1.54, 1.807) is 31.2 Å². The van der Waals surface area contributed by atoms with E-state index < -0.39 is 7.37 Å². The third kappa shape index (κ3) is 1.78. The van der Waals surface area contributed by atoms with Crippen molar-refractivity contribution in [3.8, 4) is 0 Å². The quantitative estimate of drug-likeness (QED) is 0.749. The molecule has 0 aliphatic carbocycles. The fourth-order valence-electron chi connectivity index (χ4n) is 1.29. The number of hydrogen-bond acceptors (Lipinski definition) is 4. The van der Waals surface area contributed by atoms with Crippen molar-refractivity contribution < 1.29 is 17.9 Å². The number of rotatable bonds is 4.